The van der Waals surface area contributed by atoms with Crippen molar-refractivity contribution in [3.63, 3.8) is 0 Å². The number of hydrogen-bond acceptors (Lipinski definition) is 3. The summed E-state index contributed by atoms with van der Waals surface area (Å²) in [6.07, 6.45) is 3.46. The van der Waals surface area contributed by atoms with Gasteiger partial charge in [0.05, 0.1) is 6.04 Å². The van der Waals surface area contributed by atoms with Gasteiger partial charge in [0.1, 0.15) is 0 Å². The lowest BCUT2D eigenvalue weighted by Crippen LogP contribution is -2.47. The van der Waals surface area contributed by atoms with Crippen molar-refractivity contribution in [3.8, 4) is 0 Å². The first-order valence-electron chi connectivity index (χ1n) is 7.00. The molecule has 0 radical (unpaired) electrons. The van der Waals surface area contributed by atoms with E-state index >= 15 is 0 Å². The van der Waals surface area contributed by atoms with Crippen molar-refractivity contribution in [2.24, 2.45) is 0 Å². The van der Waals surface area contributed by atoms with Crippen LogP contribution in [0.2, 0.25) is 0 Å². The molecule has 0 spiro atoms. The fourth-order valence-electron chi connectivity index (χ4n) is 2.39. The van der Waals surface area contributed by atoms with Crippen molar-refractivity contribution in [1.82, 2.24) is 10.6 Å². The lowest BCUT2D eigenvalue weighted by molar-refractivity contribution is -0.123. The van der Waals surface area contributed by atoms with E-state index in [1.54, 1.807) is 0 Å². The van der Waals surface area contributed by atoms with E-state index in [-0.39, 0.29) is 18.6 Å². The number of unbranched alkanes of at least 4 members (excludes halogenated alkanes) is 2. The minimum atomic E-state index is -0.118. The third-order valence-corrected chi connectivity index (χ3v) is 3.53. The number of carbonyl (C=O) groups is 1. The zero-order valence-electron chi connectivity index (χ0n) is 11.2. The quantitative estimate of drug-likeness (QED) is 0.670. The summed E-state index contributed by atoms with van der Waals surface area (Å²) in [5.41, 5.74) is 2.55. The Balaban J connectivity index is 1.76. The molecule has 1 atom stereocenters. The van der Waals surface area contributed by atoms with Crippen LogP contribution in [0.3, 0.4) is 0 Å². The number of benzene rings is 1. The van der Waals surface area contributed by atoms with Crippen molar-refractivity contribution in [1.29, 1.82) is 0 Å². The molecule has 4 heteroatoms. The highest BCUT2D eigenvalue weighted by atomic mass is 16.2. The second-order valence-electron chi connectivity index (χ2n) is 4.98. The summed E-state index contributed by atoms with van der Waals surface area (Å²) in [5.74, 6) is 0.0819. The topological polar surface area (TPSA) is 61.4 Å². The van der Waals surface area contributed by atoms with Crippen molar-refractivity contribution in [2.75, 3.05) is 13.2 Å². The molecule has 0 fully saturated rings. The van der Waals surface area contributed by atoms with Crippen LogP contribution in [0, 0.1) is 0 Å². The van der Waals surface area contributed by atoms with E-state index in [4.69, 9.17) is 5.11 Å². The van der Waals surface area contributed by atoms with Gasteiger partial charge in [0.2, 0.25) is 5.91 Å². The molecule has 104 valence electrons. The van der Waals surface area contributed by atoms with Gasteiger partial charge in [-0.1, -0.05) is 24.3 Å². The van der Waals surface area contributed by atoms with Crippen LogP contribution in [-0.2, 0) is 17.8 Å². The summed E-state index contributed by atoms with van der Waals surface area (Å²) in [4.78, 5) is 12.0. The highest BCUT2D eigenvalue weighted by molar-refractivity contribution is 5.82. The summed E-state index contributed by atoms with van der Waals surface area (Å²) in [6, 6.07) is 8.13. The summed E-state index contributed by atoms with van der Waals surface area (Å²) in [6.45, 7) is 1.69. The smallest absolute Gasteiger partial charge is 0.237 e. The largest absolute Gasteiger partial charge is 0.396 e. The Bertz CT molecular complexity index is 420. The average Bonchev–Trinajstić information content (AvgIpc) is 2.46. The van der Waals surface area contributed by atoms with Gasteiger partial charge in [-0.3, -0.25) is 4.79 Å². The molecule has 0 saturated heterocycles. The summed E-state index contributed by atoms with van der Waals surface area (Å²) >= 11 is 0. The lowest BCUT2D eigenvalue weighted by atomic mass is 9.95. The van der Waals surface area contributed by atoms with Crippen molar-refractivity contribution < 1.29 is 9.90 Å². The van der Waals surface area contributed by atoms with Crippen LogP contribution in [0.5, 0.6) is 0 Å². The van der Waals surface area contributed by atoms with Crippen molar-refractivity contribution in [3.05, 3.63) is 35.4 Å². The van der Waals surface area contributed by atoms with Gasteiger partial charge in [0.15, 0.2) is 0 Å². The fourth-order valence-corrected chi connectivity index (χ4v) is 2.39. The van der Waals surface area contributed by atoms with Gasteiger partial charge in [0.25, 0.3) is 0 Å². The molecule has 1 aliphatic rings. The number of nitrogens with one attached hydrogen (secondary N) is 2. The number of fused-ring (bicyclic) bond motifs is 1. The maximum atomic E-state index is 12.0. The molecule has 1 aromatic rings. The van der Waals surface area contributed by atoms with Crippen LogP contribution in [0.1, 0.15) is 30.4 Å². The first kappa shape index (κ1) is 14.0. The van der Waals surface area contributed by atoms with E-state index in [9.17, 15) is 4.79 Å². The molecule has 0 saturated carbocycles. The number of rotatable bonds is 6. The van der Waals surface area contributed by atoms with Crippen LogP contribution < -0.4 is 10.6 Å². The lowest BCUT2D eigenvalue weighted by Gasteiger charge is -2.25. The van der Waals surface area contributed by atoms with Crippen LogP contribution in [0.25, 0.3) is 0 Å². The molecule has 0 bridgehead atoms. The maximum Gasteiger partial charge on any atom is 0.237 e. The SMILES string of the molecule is O=C(NCCCCCO)[C@H]1Cc2ccccc2CN1. The molecule has 3 N–H and O–H groups in total. The van der Waals surface area contributed by atoms with Crippen LogP contribution in [0.4, 0.5) is 0 Å². The van der Waals surface area contributed by atoms with Gasteiger partial charge in [-0.05, 0) is 36.8 Å². The molecule has 1 amide bonds. The minimum Gasteiger partial charge on any atom is -0.396 e. The van der Waals surface area contributed by atoms with Crippen molar-refractivity contribution >= 4 is 5.91 Å². The number of hydrogen-bond donors (Lipinski definition) is 3. The number of carbonyl (C=O) groups excluding carboxylic acids is 1. The molecule has 19 heavy (non-hydrogen) atoms. The third-order valence-electron chi connectivity index (χ3n) is 3.53. The van der Waals surface area contributed by atoms with Crippen LogP contribution in [0.15, 0.2) is 24.3 Å². The molecule has 0 aromatic heterocycles. The summed E-state index contributed by atoms with van der Waals surface area (Å²) in [7, 11) is 0. The second kappa shape index (κ2) is 7.26. The first-order chi connectivity index (χ1) is 9.31. The normalized spacial score (nSPS) is 17.8. The van der Waals surface area contributed by atoms with E-state index in [2.05, 4.69) is 22.8 Å². The van der Waals surface area contributed by atoms with Gasteiger partial charge in [-0.2, -0.15) is 0 Å². The molecule has 4 nitrogen and oxygen atoms in total. The summed E-state index contributed by atoms with van der Waals surface area (Å²) < 4.78 is 0. The van der Waals surface area contributed by atoms with E-state index in [0.717, 1.165) is 32.2 Å². The standard InChI is InChI=1S/C15H22N2O2/c18-9-5-1-4-8-16-15(19)14-10-12-6-2-3-7-13(12)11-17-14/h2-3,6-7,14,17-18H,1,4-5,8-11H2,(H,16,19)/t14-/m1/s1. The Hall–Kier alpha value is -1.39. The van der Waals surface area contributed by atoms with Gasteiger partial charge in [-0.15, -0.1) is 0 Å². The zero-order valence-corrected chi connectivity index (χ0v) is 11.2. The second-order valence-corrected chi connectivity index (χ2v) is 4.98. The van der Waals surface area contributed by atoms with Gasteiger partial charge >= 0.3 is 0 Å². The molecule has 1 heterocycles. The predicted octanol–water partition coefficient (Wildman–Crippen LogP) is 0.980. The molecular formula is C15H22N2O2. The highest BCUT2D eigenvalue weighted by Gasteiger charge is 2.23. The monoisotopic (exact) mass is 262 g/mol. The number of aliphatic hydroxyl groups is 1. The van der Waals surface area contributed by atoms with Crippen LogP contribution in [-0.4, -0.2) is 30.2 Å². The Morgan fingerprint density at radius 2 is 2.05 bits per heavy atom. The van der Waals surface area contributed by atoms with Gasteiger partial charge < -0.3 is 15.7 Å². The number of aliphatic hydroxyl groups excluding tert-OH is 1. The Labute approximate surface area is 114 Å². The fraction of sp³-hybridized carbons (Fsp3) is 0.533. The van der Waals surface area contributed by atoms with Crippen LogP contribution >= 0.6 is 0 Å². The third kappa shape index (κ3) is 4.04. The van der Waals surface area contributed by atoms with Gasteiger partial charge in [0, 0.05) is 19.7 Å². The first-order valence-corrected chi connectivity index (χ1v) is 7.00. The van der Waals surface area contributed by atoms with E-state index < -0.39 is 0 Å². The predicted molar refractivity (Wildman–Crippen MR) is 74.7 cm³/mol. The minimum absolute atomic E-state index is 0.0819. The number of amides is 1. The molecule has 1 aliphatic heterocycles. The summed E-state index contributed by atoms with van der Waals surface area (Å²) in [5, 5.41) is 14.9. The maximum absolute atomic E-state index is 12.0. The molecule has 2 rings (SSSR count). The molecule has 0 aliphatic carbocycles. The molecule has 1 aromatic carbocycles. The van der Waals surface area contributed by atoms with Crippen molar-refractivity contribution in [2.45, 2.75) is 38.3 Å². The molecular weight excluding hydrogens is 240 g/mol. The average molecular weight is 262 g/mol. The van der Waals surface area contributed by atoms with Gasteiger partial charge in [-0.25, -0.2) is 0 Å². The van der Waals surface area contributed by atoms with E-state index in [1.807, 2.05) is 12.1 Å². The molecule has 0 unspecified atom stereocenters. The Morgan fingerprint density at radius 1 is 1.26 bits per heavy atom. The van der Waals surface area contributed by atoms with E-state index in [0.29, 0.717) is 6.54 Å². The highest BCUT2D eigenvalue weighted by Crippen LogP contribution is 2.16. The zero-order chi connectivity index (χ0) is 13.5. The van der Waals surface area contributed by atoms with E-state index in [1.165, 1.54) is 11.1 Å². The Kier molecular flexibility index (Phi) is 5.36. The Morgan fingerprint density at radius 3 is 2.84 bits per heavy atom.